The summed E-state index contributed by atoms with van der Waals surface area (Å²) in [5.74, 6) is -9.29. The van der Waals surface area contributed by atoms with E-state index in [1.54, 1.807) is 0 Å². The van der Waals surface area contributed by atoms with E-state index in [0.29, 0.717) is 19.4 Å². The number of carboxylic acid groups (broad SMARTS) is 1. The standard InChI is InChI=1S/C29H38N4O10/c1-28(42)13-7-6-9-17(34)18(13)22(35)19-14(28)11-15-21(33(2)3)23(36)20(25(38)29(15,43)24(19)37)26(39)32-12-31-16(27(40)41)8-4-5-10-30/h6-7,9,14-16,21,31,34-35,38,42-43H,4-5,8,10-12,30H2,1-3H3,(H,32,39)(H,40,41)/t14?,15-,16?,21-,28+,29-/m0/s1. The summed E-state index contributed by atoms with van der Waals surface area (Å²) in [6.07, 6.45) is 1.07. The van der Waals surface area contributed by atoms with Crippen LogP contribution in [0.1, 0.15) is 43.7 Å². The van der Waals surface area contributed by atoms with Gasteiger partial charge in [0.2, 0.25) is 5.78 Å². The molecule has 0 aliphatic heterocycles. The maximum absolute atomic E-state index is 14.1. The Morgan fingerprint density at radius 3 is 2.42 bits per heavy atom. The van der Waals surface area contributed by atoms with E-state index < -0.39 is 93.6 Å². The van der Waals surface area contributed by atoms with E-state index >= 15 is 0 Å². The van der Waals surface area contributed by atoms with Crippen LogP contribution in [-0.4, -0.2) is 104 Å². The first kappa shape index (κ1) is 32.1. The molecule has 0 radical (unpaired) electrons. The Hall–Kier alpha value is -3.82. The number of ketones is 2. The molecule has 3 aliphatic carbocycles. The van der Waals surface area contributed by atoms with Gasteiger partial charge in [0, 0.05) is 17.4 Å². The third kappa shape index (κ3) is 5.08. The van der Waals surface area contributed by atoms with Gasteiger partial charge in [0.25, 0.3) is 5.91 Å². The van der Waals surface area contributed by atoms with Gasteiger partial charge in [-0.25, -0.2) is 0 Å². The second-order valence-electron chi connectivity index (χ2n) is 11.7. The van der Waals surface area contributed by atoms with Crippen LogP contribution < -0.4 is 16.4 Å². The number of aliphatic carboxylic acids is 1. The predicted octanol–water partition coefficient (Wildman–Crippen LogP) is -0.611. The molecule has 0 heterocycles. The molecule has 14 heteroatoms. The molecule has 0 spiro atoms. The number of fused-ring (bicyclic) bond motifs is 3. The van der Waals surface area contributed by atoms with Crippen molar-refractivity contribution in [2.75, 3.05) is 27.3 Å². The van der Waals surface area contributed by atoms with Crippen LogP contribution in [0, 0.1) is 11.8 Å². The molecule has 1 aromatic carbocycles. The SMILES string of the molecule is CN(C)[C@@H]1C(=O)C(C(=O)NCNC(CCCCN)C(=O)O)=C(O)[C@@]2(O)C(=O)C3=C(O)c4c(O)cccc4[C@@](C)(O)C3C[C@@H]12. The van der Waals surface area contributed by atoms with Gasteiger partial charge in [0.15, 0.2) is 11.4 Å². The third-order valence-corrected chi connectivity index (χ3v) is 8.84. The zero-order chi connectivity index (χ0) is 32.0. The Morgan fingerprint density at radius 2 is 1.81 bits per heavy atom. The van der Waals surface area contributed by atoms with E-state index in [2.05, 4.69) is 10.6 Å². The number of likely N-dealkylation sites (N-methyl/N-ethyl adjacent to an activating group) is 1. The predicted molar refractivity (Wildman–Crippen MR) is 151 cm³/mol. The topological polar surface area (TPSA) is 243 Å². The molecular formula is C29H38N4O10. The largest absolute Gasteiger partial charge is 0.508 e. The summed E-state index contributed by atoms with van der Waals surface area (Å²) in [5, 5.41) is 70.9. The van der Waals surface area contributed by atoms with Crippen LogP contribution in [-0.2, 0) is 24.8 Å². The van der Waals surface area contributed by atoms with E-state index in [9.17, 15) is 49.8 Å². The average molecular weight is 603 g/mol. The zero-order valence-electron chi connectivity index (χ0n) is 24.1. The van der Waals surface area contributed by atoms with Gasteiger partial charge in [-0.2, -0.15) is 0 Å². The molecule has 6 atom stereocenters. The maximum atomic E-state index is 14.1. The van der Waals surface area contributed by atoms with Crippen LogP contribution in [0.3, 0.4) is 0 Å². The second kappa shape index (κ2) is 11.7. The lowest BCUT2D eigenvalue weighted by Crippen LogP contribution is -2.67. The Bertz CT molecular complexity index is 1420. The van der Waals surface area contributed by atoms with E-state index in [1.165, 1.54) is 44.1 Å². The molecule has 3 aliphatic rings. The minimum Gasteiger partial charge on any atom is -0.508 e. The Morgan fingerprint density at radius 1 is 1.14 bits per heavy atom. The molecule has 1 amide bonds. The molecule has 14 nitrogen and oxygen atoms in total. The van der Waals surface area contributed by atoms with Crippen LogP contribution in [0.4, 0.5) is 0 Å². The molecule has 0 saturated heterocycles. The number of carboxylic acids is 1. The van der Waals surface area contributed by atoms with Crippen LogP contribution >= 0.6 is 0 Å². The lowest BCUT2D eigenvalue weighted by atomic mass is 9.54. The Balaban J connectivity index is 1.75. The number of nitrogens with zero attached hydrogens (tertiary/aromatic N) is 1. The summed E-state index contributed by atoms with van der Waals surface area (Å²) in [5.41, 5.74) is -0.669. The van der Waals surface area contributed by atoms with E-state index in [1.807, 2.05) is 0 Å². The average Bonchev–Trinajstić information content (AvgIpc) is 2.92. The number of carbonyl (C=O) groups excluding carboxylic acids is 3. The number of phenolic OH excluding ortho intramolecular Hbond substituents is 1. The minimum atomic E-state index is -2.85. The van der Waals surface area contributed by atoms with Crippen molar-refractivity contribution >= 4 is 29.2 Å². The summed E-state index contributed by atoms with van der Waals surface area (Å²) >= 11 is 0. The van der Waals surface area contributed by atoms with E-state index in [4.69, 9.17) is 5.73 Å². The number of aromatic hydroxyl groups is 1. The molecule has 1 fully saturated rings. The smallest absolute Gasteiger partial charge is 0.320 e. The molecule has 1 saturated carbocycles. The van der Waals surface area contributed by atoms with Crippen LogP contribution in [0.5, 0.6) is 5.75 Å². The number of carbonyl (C=O) groups is 4. The first-order valence-corrected chi connectivity index (χ1v) is 14.0. The molecule has 43 heavy (non-hydrogen) atoms. The second-order valence-corrected chi connectivity index (χ2v) is 11.7. The number of unbranched alkanes of at least 4 members (excludes halogenated alkanes) is 1. The number of aliphatic hydroxyl groups excluding tert-OH is 2. The third-order valence-electron chi connectivity index (χ3n) is 8.84. The molecule has 1 aromatic rings. The van der Waals surface area contributed by atoms with E-state index in [0.717, 1.165) is 0 Å². The summed E-state index contributed by atoms with van der Waals surface area (Å²) in [7, 11) is 2.97. The van der Waals surface area contributed by atoms with Gasteiger partial charge in [-0.05, 0) is 58.5 Å². The normalized spacial score (nSPS) is 29.2. The number of Topliss-reactive ketones (excluding diaryl/α,β-unsaturated/α-hetero) is 2. The van der Waals surface area contributed by atoms with Crippen molar-refractivity contribution in [3.8, 4) is 5.75 Å². The minimum absolute atomic E-state index is 0.135. The summed E-state index contributed by atoms with van der Waals surface area (Å²) in [6.45, 7) is 1.35. The molecule has 0 aromatic heterocycles. The highest BCUT2D eigenvalue weighted by Gasteiger charge is 2.66. The summed E-state index contributed by atoms with van der Waals surface area (Å²) in [6, 6.07) is 1.83. The first-order chi connectivity index (χ1) is 20.1. The van der Waals surface area contributed by atoms with Gasteiger partial charge in [-0.15, -0.1) is 0 Å². The van der Waals surface area contributed by atoms with Crippen molar-refractivity contribution < 1.29 is 49.8 Å². The molecule has 234 valence electrons. The monoisotopic (exact) mass is 602 g/mol. The Kier molecular flexibility index (Phi) is 8.73. The summed E-state index contributed by atoms with van der Waals surface area (Å²) < 4.78 is 0. The fraction of sp³-hybridized carbons (Fsp3) is 0.517. The van der Waals surface area contributed by atoms with Gasteiger partial charge in [-0.1, -0.05) is 18.6 Å². The zero-order valence-corrected chi connectivity index (χ0v) is 24.1. The number of hydrogen-bond donors (Lipinski definition) is 9. The number of phenols is 1. The molecule has 4 rings (SSSR count). The van der Waals surface area contributed by atoms with Crippen molar-refractivity contribution in [2.45, 2.75) is 55.9 Å². The number of aliphatic hydroxyl groups is 4. The quantitative estimate of drug-likeness (QED) is 0.0923. The highest BCUT2D eigenvalue weighted by atomic mass is 16.4. The van der Waals surface area contributed by atoms with Crippen LogP contribution in [0.25, 0.3) is 5.76 Å². The van der Waals surface area contributed by atoms with Gasteiger partial charge in [0.05, 0.1) is 23.9 Å². The number of rotatable bonds is 10. The van der Waals surface area contributed by atoms with Gasteiger partial charge >= 0.3 is 5.97 Å². The molecule has 10 N–H and O–H groups in total. The maximum Gasteiger partial charge on any atom is 0.320 e. The van der Waals surface area contributed by atoms with E-state index in [-0.39, 0.29) is 24.0 Å². The van der Waals surface area contributed by atoms with Gasteiger partial charge < -0.3 is 41.7 Å². The van der Waals surface area contributed by atoms with Crippen molar-refractivity contribution in [1.29, 1.82) is 0 Å². The van der Waals surface area contributed by atoms with Crippen molar-refractivity contribution in [3.05, 3.63) is 46.2 Å². The summed E-state index contributed by atoms with van der Waals surface area (Å²) in [4.78, 5) is 54.0. The number of nitrogens with one attached hydrogen (secondary N) is 2. The fourth-order valence-electron chi connectivity index (χ4n) is 6.63. The molecule has 2 unspecified atom stereocenters. The van der Waals surface area contributed by atoms with Crippen molar-refractivity contribution in [2.24, 2.45) is 17.6 Å². The molecule has 0 bridgehead atoms. The van der Waals surface area contributed by atoms with Crippen molar-refractivity contribution in [3.63, 3.8) is 0 Å². The highest BCUT2D eigenvalue weighted by molar-refractivity contribution is 6.25. The number of benzene rings is 1. The number of nitrogens with two attached hydrogens (primary N) is 1. The Labute approximate surface area is 247 Å². The van der Waals surface area contributed by atoms with Gasteiger partial charge in [-0.3, -0.25) is 29.4 Å². The number of hydrogen-bond acceptors (Lipinski definition) is 12. The van der Waals surface area contributed by atoms with Crippen LogP contribution in [0.2, 0.25) is 0 Å². The lowest BCUT2D eigenvalue weighted by molar-refractivity contribution is -0.159. The molecular weight excluding hydrogens is 564 g/mol. The number of amides is 1. The van der Waals surface area contributed by atoms with Gasteiger partial charge in [0.1, 0.15) is 28.9 Å². The fourth-order valence-corrected chi connectivity index (χ4v) is 6.63. The van der Waals surface area contributed by atoms with Crippen LogP contribution in [0.15, 0.2) is 35.1 Å². The van der Waals surface area contributed by atoms with Crippen molar-refractivity contribution in [1.82, 2.24) is 15.5 Å². The lowest BCUT2D eigenvalue weighted by Gasteiger charge is -2.53. The highest BCUT2D eigenvalue weighted by Crippen LogP contribution is 2.57. The first-order valence-electron chi connectivity index (χ1n) is 14.0.